The van der Waals surface area contributed by atoms with Crippen LogP contribution >= 0.6 is 15.9 Å². The summed E-state index contributed by atoms with van der Waals surface area (Å²) in [5.74, 6) is 0.165. The summed E-state index contributed by atoms with van der Waals surface area (Å²) in [7, 11) is 1.76. The van der Waals surface area contributed by atoms with Crippen LogP contribution in [-0.4, -0.2) is 9.78 Å². The van der Waals surface area contributed by atoms with E-state index >= 15 is 0 Å². The van der Waals surface area contributed by atoms with Crippen molar-refractivity contribution in [2.75, 3.05) is 0 Å². The molecule has 0 saturated carbocycles. The van der Waals surface area contributed by atoms with E-state index in [0.717, 1.165) is 0 Å². The number of hydrogen-bond acceptors (Lipinski definition) is 3. The van der Waals surface area contributed by atoms with Gasteiger partial charge in [-0.3, -0.25) is 4.68 Å². The fraction of sp³-hybridized carbons (Fsp3) is 0.182. The minimum absolute atomic E-state index is 0.141. The van der Waals surface area contributed by atoms with Gasteiger partial charge >= 0.3 is 0 Å². The van der Waals surface area contributed by atoms with E-state index in [1.807, 2.05) is 0 Å². The highest BCUT2D eigenvalue weighted by atomic mass is 79.9. The lowest BCUT2D eigenvalue weighted by atomic mass is 10.2. The molecule has 0 saturated heterocycles. The molecule has 0 amide bonds. The maximum atomic E-state index is 13.9. The quantitative estimate of drug-likeness (QED) is 0.948. The van der Waals surface area contributed by atoms with Crippen LogP contribution in [0.5, 0.6) is 11.5 Å². The summed E-state index contributed by atoms with van der Waals surface area (Å²) < 4.78 is 21.2. The molecule has 6 heteroatoms. The number of aromatic nitrogens is 2. The van der Waals surface area contributed by atoms with Gasteiger partial charge in [-0.1, -0.05) is 6.07 Å². The molecule has 4 nitrogen and oxygen atoms in total. The van der Waals surface area contributed by atoms with Gasteiger partial charge in [-0.15, -0.1) is 0 Å². The number of nitrogens with two attached hydrogens (primary N) is 1. The predicted octanol–water partition coefficient (Wildman–Crippen LogP) is 2.57. The van der Waals surface area contributed by atoms with Crippen molar-refractivity contribution >= 4 is 15.9 Å². The molecule has 0 fully saturated rings. The second-order valence-electron chi connectivity index (χ2n) is 3.51. The predicted molar refractivity (Wildman–Crippen MR) is 65.3 cm³/mol. The third-order valence-corrected chi connectivity index (χ3v) is 3.11. The minimum Gasteiger partial charge on any atom is -0.451 e. The van der Waals surface area contributed by atoms with Crippen LogP contribution in [0.25, 0.3) is 0 Å². The number of benzene rings is 1. The van der Waals surface area contributed by atoms with Crippen LogP contribution in [0.4, 0.5) is 4.39 Å². The highest BCUT2D eigenvalue weighted by Crippen LogP contribution is 2.31. The third-order valence-electron chi connectivity index (χ3n) is 2.26. The molecule has 1 heterocycles. The summed E-state index contributed by atoms with van der Waals surface area (Å²) in [6.07, 6.45) is 3.17. The average Bonchev–Trinajstić information content (AvgIpc) is 2.71. The van der Waals surface area contributed by atoms with Gasteiger partial charge in [0.2, 0.25) is 0 Å². The highest BCUT2D eigenvalue weighted by Gasteiger charge is 2.12. The first-order chi connectivity index (χ1) is 8.11. The Morgan fingerprint density at radius 2 is 2.29 bits per heavy atom. The van der Waals surface area contributed by atoms with Crippen LogP contribution in [0, 0.1) is 5.82 Å². The normalized spacial score (nSPS) is 10.6. The van der Waals surface area contributed by atoms with Gasteiger partial charge in [0, 0.05) is 13.6 Å². The van der Waals surface area contributed by atoms with Crippen molar-refractivity contribution in [1.82, 2.24) is 9.78 Å². The van der Waals surface area contributed by atoms with E-state index in [2.05, 4.69) is 21.0 Å². The third kappa shape index (κ3) is 2.48. The van der Waals surface area contributed by atoms with Crippen LogP contribution in [0.2, 0.25) is 0 Å². The Morgan fingerprint density at radius 3 is 2.88 bits per heavy atom. The van der Waals surface area contributed by atoms with Crippen molar-refractivity contribution < 1.29 is 9.13 Å². The second kappa shape index (κ2) is 4.85. The zero-order valence-corrected chi connectivity index (χ0v) is 10.7. The standard InChI is InChI=1S/C11H11BrFN3O/c1-16-6-8(5-15-16)17-9-3-2-7(4-14)10(12)11(9)13/h2-3,5-6H,4,14H2,1H3. The molecule has 0 aliphatic carbocycles. The van der Waals surface area contributed by atoms with E-state index in [1.54, 1.807) is 30.1 Å². The fourth-order valence-corrected chi connectivity index (χ4v) is 1.88. The number of aryl methyl sites for hydroxylation is 1. The smallest absolute Gasteiger partial charge is 0.180 e. The largest absolute Gasteiger partial charge is 0.451 e. The molecule has 0 aliphatic rings. The van der Waals surface area contributed by atoms with Gasteiger partial charge in [0.15, 0.2) is 17.3 Å². The first-order valence-electron chi connectivity index (χ1n) is 4.95. The second-order valence-corrected chi connectivity index (χ2v) is 4.30. The minimum atomic E-state index is -0.461. The molecule has 0 aliphatic heterocycles. The molecule has 1 aromatic heterocycles. The Hall–Kier alpha value is -1.40. The maximum Gasteiger partial charge on any atom is 0.180 e. The van der Waals surface area contributed by atoms with Crippen molar-refractivity contribution in [1.29, 1.82) is 0 Å². The van der Waals surface area contributed by atoms with Gasteiger partial charge in [-0.2, -0.15) is 5.10 Å². The lowest BCUT2D eigenvalue weighted by Crippen LogP contribution is -2.00. The van der Waals surface area contributed by atoms with Gasteiger partial charge in [0.1, 0.15) is 0 Å². The summed E-state index contributed by atoms with van der Waals surface area (Å²) >= 11 is 3.15. The van der Waals surface area contributed by atoms with Crippen molar-refractivity contribution in [3.8, 4) is 11.5 Å². The molecule has 0 unspecified atom stereocenters. The molecule has 2 aromatic rings. The summed E-state index contributed by atoms with van der Waals surface area (Å²) in [5, 5.41) is 3.94. The molecular weight excluding hydrogens is 289 g/mol. The van der Waals surface area contributed by atoms with E-state index in [4.69, 9.17) is 10.5 Å². The molecular formula is C11H11BrFN3O. The molecule has 90 valence electrons. The molecule has 2 rings (SSSR count). The van der Waals surface area contributed by atoms with E-state index in [0.29, 0.717) is 15.8 Å². The van der Waals surface area contributed by atoms with Crippen molar-refractivity contribution in [2.24, 2.45) is 12.8 Å². The molecule has 0 radical (unpaired) electrons. The van der Waals surface area contributed by atoms with Gasteiger partial charge in [0.05, 0.1) is 16.9 Å². The van der Waals surface area contributed by atoms with Crippen LogP contribution < -0.4 is 10.5 Å². The van der Waals surface area contributed by atoms with E-state index in [-0.39, 0.29) is 12.3 Å². The molecule has 17 heavy (non-hydrogen) atoms. The van der Waals surface area contributed by atoms with Gasteiger partial charge in [-0.05, 0) is 27.6 Å². The lowest BCUT2D eigenvalue weighted by Gasteiger charge is -2.08. The zero-order valence-electron chi connectivity index (χ0n) is 9.15. The lowest BCUT2D eigenvalue weighted by molar-refractivity contribution is 0.439. The van der Waals surface area contributed by atoms with Gasteiger partial charge in [0.25, 0.3) is 0 Å². The number of ether oxygens (including phenoxy) is 1. The first-order valence-corrected chi connectivity index (χ1v) is 5.74. The Morgan fingerprint density at radius 1 is 1.53 bits per heavy atom. The Bertz CT molecular complexity index is 542. The van der Waals surface area contributed by atoms with Crippen LogP contribution in [0.1, 0.15) is 5.56 Å². The fourth-order valence-electron chi connectivity index (χ4n) is 1.39. The van der Waals surface area contributed by atoms with E-state index < -0.39 is 5.82 Å². The summed E-state index contributed by atoms with van der Waals surface area (Å²) in [4.78, 5) is 0. The van der Waals surface area contributed by atoms with Gasteiger partial charge in [-0.25, -0.2) is 4.39 Å². The Labute approximate surface area is 106 Å². The Kier molecular flexibility index (Phi) is 3.44. The van der Waals surface area contributed by atoms with Crippen molar-refractivity contribution in [3.63, 3.8) is 0 Å². The number of halogens is 2. The van der Waals surface area contributed by atoms with Crippen LogP contribution in [-0.2, 0) is 13.6 Å². The summed E-state index contributed by atoms with van der Waals surface area (Å²) in [6, 6.07) is 3.27. The SMILES string of the molecule is Cn1cc(Oc2ccc(CN)c(Br)c2F)cn1. The monoisotopic (exact) mass is 299 g/mol. The van der Waals surface area contributed by atoms with E-state index in [9.17, 15) is 4.39 Å². The van der Waals surface area contributed by atoms with Crippen molar-refractivity contribution in [3.05, 3.63) is 40.4 Å². The Balaban J connectivity index is 2.31. The maximum absolute atomic E-state index is 13.9. The number of nitrogens with zero attached hydrogens (tertiary/aromatic N) is 2. The van der Waals surface area contributed by atoms with Crippen molar-refractivity contribution in [2.45, 2.75) is 6.54 Å². The molecule has 0 bridgehead atoms. The molecule has 0 spiro atoms. The summed E-state index contributed by atoms with van der Waals surface area (Å²) in [6.45, 7) is 0.269. The molecule has 2 N–H and O–H groups in total. The first kappa shape index (κ1) is 12.1. The van der Waals surface area contributed by atoms with Crippen LogP contribution in [0.3, 0.4) is 0 Å². The molecule has 1 aromatic carbocycles. The zero-order chi connectivity index (χ0) is 12.4. The summed E-state index contributed by atoms with van der Waals surface area (Å²) in [5.41, 5.74) is 6.17. The molecule has 0 atom stereocenters. The highest BCUT2D eigenvalue weighted by molar-refractivity contribution is 9.10. The topological polar surface area (TPSA) is 53.1 Å². The average molecular weight is 300 g/mol. The number of hydrogen-bond donors (Lipinski definition) is 1. The van der Waals surface area contributed by atoms with Crippen LogP contribution in [0.15, 0.2) is 29.0 Å². The number of rotatable bonds is 3. The van der Waals surface area contributed by atoms with E-state index in [1.165, 1.54) is 6.20 Å². The van der Waals surface area contributed by atoms with Gasteiger partial charge < -0.3 is 10.5 Å².